The van der Waals surface area contributed by atoms with E-state index >= 15 is 0 Å². The van der Waals surface area contributed by atoms with Gasteiger partial charge in [0.2, 0.25) is 0 Å². The van der Waals surface area contributed by atoms with Gasteiger partial charge in [-0.3, -0.25) is 4.79 Å². The second-order valence-corrected chi connectivity index (χ2v) is 4.71. The van der Waals surface area contributed by atoms with Crippen LogP contribution in [0.3, 0.4) is 0 Å². The number of nitrogens with two attached hydrogens (primary N) is 1. The number of fused-ring (bicyclic) bond motifs is 1. The molecule has 0 aliphatic carbocycles. The topological polar surface area (TPSA) is 61.6 Å². The van der Waals surface area contributed by atoms with E-state index in [9.17, 15) is 4.79 Å². The molecule has 0 saturated carbocycles. The monoisotopic (exact) mass is 269 g/mol. The molecule has 0 amide bonds. The number of benzene rings is 2. The first kappa shape index (κ1) is 12.5. The maximum absolute atomic E-state index is 12.6. The van der Waals surface area contributed by atoms with Crippen molar-refractivity contribution >= 4 is 11.5 Å². The molecule has 1 heterocycles. The lowest BCUT2D eigenvalue weighted by atomic mass is 9.98. The Morgan fingerprint density at radius 3 is 2.65 bits per heavy atom. The van der Waals surface area contributed by atoms with Crippen LogP contribution in [0.1, 0.15) is 21.5 Å². The van der Waals surface area contributed by atoms with Gasteiger partial charge in [0.1, 0.15) is 13.2 Å². The quantitative estimate of drug-likeness (QED) is 0.672. The lowest BCUT2D eigenvalue weighted by Crippen LogP contribution is -2.16. The van der Waals surface area contributed by atoms with E-state index in [1.165, 1.54) is 0 Å². The van der Waals surface area contributed by atoms with E-state index in [4.69, 9.17) is 15.2 Å². The summed E-state index contributed by atoms with van der Waals surface area (Å²) >= 11 is 0. The van der Waals surface area contributed by atoms with Crippen LogP contribution in [0.2, 0.25) is 0 Å². The summed E-state index contributed by atoms with van der Waals surface area (Å²) in [5.74, 6) is 1.23. The number of ketones is 1. The summed E-state index contributed by atoms with van der Waals surface area (Å²) in [6.45, 7) is 2.89. The molecule has 4 nitrogen and oxygen atoms in total. The van der Waals surface area contributed by atoms with Crippen molar-refractivity contribution in [2.45, 2.75) is 6.92 Å². The van der Waals surface area contributed by atoms with Crippen LogP contribution in [0.4, 0.5) is 5.69 Å². The first-order valence-corrected chi connectivity index (χ1v) is 6.46. The van der Waals surface area contributed by atoms with E-state index in [0.29, 0.717) is 41.5 Å². The van der Waals surface area contributed by atoms with Gasteiger partial charge in [-0.25, -0.2) is 0 Å². The lowest BCUT2D eigenvalue weighted by Gasteiger charge is -2.18. The van der Waals surface area contributed by atoms with E-state index in [2.05, 4.69) is 0 Å². The van der Waals surface area contributed by atoms with E-state index in [0.717, 1.165) is 5.56 Å². The zero-order chi connectivity index (χ0) is 14.1. The highest BCUT2D eigenvalue weighted by molar-refractivity contribution is 6.10. The largest absolute Gasteiger partial charge is 0.486 e. The van der Waals surface area contributed by atoms with E-state index < -0.39 is 0 Å². The first-order chi connectivity index (χ1) is 9.66. The molecule has 20 heavy (non-hydrogen) atoms. The molecule has 2 N–H and O–H groups in total. The maximum Gasteiger partial charge on any atom is 0.193 e. The Morgan fingerprint density at radius 1 is 1.10 bits per heavy atom. The molecule has 1 aliphatic heterocycles. The van der Waals surface area contributed by atoms with Crippen LogP contribution in [0.15, 0.2) is 36.4 Å². The number of hydrogen-bond acceptors (Lipinski definition) is 4. The highest BCUT2D eigenvalue weighted by atomic mass is 16.6. The molecule has 0 bridgehead atoms. The number of rotatable bonds is 2. The fraction of sp³-hybridized carbons (Fsp3) is 0.188. The van der Waals surface area contributed by atoms with Crippen LogP contribution in [-0.2, 0) is 0 Å². The molecule has 2 aromatic rings. The lowest BCUT2D eigenvalue weighted by molar-refractivity contribution is 0.103. The molecule has 4 heteroatoms. The van der Waals surface area contributed by atoms with Gasteiger partial charge in [-0.05, 0) is 36.8 Å². The predicted molar refractivity (Wildman–Crippen MR) is 76.5 cm³/mol. The van der Waals surface area contributed by atoms with Crippen LogP contribution >= 0.6 is 0 Å². The van der Waals surface area contributed by atoms with Gasteiger partial charge in [0.15, 0.2) is 17.3 Å². The molecule has 0 atom stereocenters. The number of ether oxygens (including phenoxy) is 2. The van der Waals surface area contributed by atoms with Crippen LogP contribution < -0.4 is 15.2 Å². The molecule has 0 spiro atoms. The van der Waals surface area contributed by atoms with Gasteiger partial charge in [-0.2, -0.15) is 0 Å². The highest BCUT2D eigenvalue weighted by Gasteiger charge is 2.17. The summed E-state index contributed by atoms with van der Waals surface area (Å²) in [4.78, 5) is 12.6. The second-order valence-electron chi connectivity index (χ2n) is 4.71. The summed E-state index contributed by atoms with van der Waals surface area (Å²) in [5, 5.41) is 0. The number of nitrogen functional groups attached to an aromatic ring is 1. The summed E-state index contributed by atoms with van der Waals surface area (Å²) in [6.07, 6.45) is 0. The van der Waals surface area contributed by atoms with E-state index in [-0.39, 0.29) is 5.78 Å². The number of carbonyl (C=O) groups is 1. The van der Waals surface area contributed by atoms with Crippen molar-refractivity contribution in [3.63, 3.8) is 0 Å². The molecule has 0 radical (unpaired) electrons. The minimum atomic E-state index is -0.0632. The Labute approximate surface area is 117 Å². The van der Waals surface area contributed by atoms with Crippen LogP contribution in [0, 0.1) is 6.92 Å². The van der Waals surface area contributed by atoms with Crippen LogP contribution in [-0.4, -0.2) is 19.0 Å². The third-order valence-corrected chi connectivity index (χ3v) is 3.42. The maximum atomic E-state index is 12.6. The van der Waals surface area contributed by atoms with E-state index in [1.807, 2.05) is 6.92 Å². The van der Waals surface area contributed by atoms with Crippen molar-refractivity contribution in [2.75, 3.05) is 18.9 Å². The molecule has 0 saturated heterocycles. The SMILES string of the molecule is Cc1c(N)cccc1C(=O)c1ccc2c(c1)OCCO2. The molecular weight excluding hydrogens is 254 g/mol. The third-order valence-electron chi connectivity index (χ3n) is 3.42. The van der Waals surface area contributed by atoms with Crippen LogP contribution in [0.25, 0.3) is 0 Å². The average Bonchev–Trinajstić information content (AvgIpc) is 2.49. The number of carbonyl (C=O) groups excluding carboxylic acids is 1. The third kappa shape index (κ3) is 2.09. The Balaban J connectivity index is 2.00. The predicted octanol–water partition coefficient (Wildman–Crippen LogP) is 2.58. The molecule has 3 rings (SSSR count). The molecular formula is C16H15NO3. The Morgan fingerprint density at radius 2 is 1.85 bits per heavy atom. The van der Waals surface area contributed by atoms with Gasteiger partial charge < -0.3 is 15.2 Å². The normalized spacial score (nSPS) is 13.1. The Bertz CT molecular complexity index is 679. The highest BCUT2D eigenvalue weighted by Crippen LogP contribution is 2.32. The van der Waals surface area contributed by atoms with Gasteiger partial charge in [-0.1, -0.05) is 12.1 Å². The fourth-order valence-corrected chi connectivity index (χ4v) is 2.24. The summed E-state index contributed by atoms with van der Waals surface area (Å²) in [5.41, 5.74) is 8.45. The Hall–Kier alpha value is -2.49. The zero-order valence-electron chi connectivity index (χ0n) is 11.2. The summed E-state index contributed by atoms with van der Waals surface area (Å²) in [7, 11) is 0. The molecule has 102 valence electrons. The summed E-state index contributed by atoms with van der Waals surface area (Å²) in [6, 6.07) is 10.6. The average molecular weight is 269 g/mol. The number of anilines is 1. The number of hydrogen-bond donors (Lipinski definition) is 1. The van der Waals surface area contributed by atoms with Crippen molar-refractivity contribution in [3.05, 3.63) is 53.1 Å². The molecule has 0 fully saturated rings. The standard InChI is InChI=1S/C16H15NO3/c1-10-12(3-2-4-13(10)17)16(18)11-5-6-14-15(9-11)20-8-7-19-14/h2-6,9H,7-8,17H2,1H3. The molecule has 0 unspecified atom stereocenters. The van der Waals surface area contributed by atoms with Gasteiger partial charge in [0.25, 0.3) is 0 Å². The fourth-order valence-electron chi connectivity index (χ4n) is 2.24. The van der Waals surface area contributed by atoms with Crippen molar-refractivity contribution in [1.82, 2.24) is 0 Å². The molecule has 2 aromatic carbocycles. The minimum Gasteiger partial charge on any atom is -0.486 e. The van der Waals surface area contributed by atoms with Crippen molar-refractivity contribution in [1.29, 1.82) is 0 Å². The van der Waals surface area contributed by atoms with Crippen molar-refractivity contribution < 1.29 is 14.3 Å². The summed E-state index contributed by atoms with van der Waals surface area (Å²) < 4.78 is 11.0. The molecule has 1 aliphatic rings. The second kappa shape index (κ2) is 4.89. The van der Waals surface area contributed by atoms with Gasteiger partial charge in [0, 0.05) is 16.8 Å². The van der Waals surface area contributed by atoms with E-state index in [1.54, 1.807) is 36.4 Å². The zero-order valence-corrected chi connectivity index (χ0v) is 11.2. The van der Waals surface area contributed by atoms with Crippen molar-refractivity contribution in [3.8, 4) is 11.5 Å². The van der Waals surface area contributed by atoms with Gasteiger partial charge in [0.05, 0.1) is 0 Å². The molecule has 0 aromatic heterocycles. The minimum absolute atomic E-state index is 0.0632. The van der Waals surface area contributed by atoms with Crippen molar-refractivity contribution in [2.24, 2.45) is 0 Å². The smallest absolute Gasteiger partial charge is 0.193 e. The van der Waals surface area contributed by atoms with Gasteiger partial charge >= 0.3 is 0 Å². The van der Waals surface area contributed by atoms with Crippen LogP contribution in [0.5, 0.6) is 11.5 Å². The van der Waals surface area contributed by atoms with Gasteiger partial charge in [-0.15, -0.1) is 0 Å². The first-order valence-electron chi connectivity index (χ1n) is 6.46. The Kier molecular flexibility index (Phi) is 3.06.